The molecule has 0 heterocycles. The van der Waals surface area contributed by atoms with E-state index in [9.17, 15) is 24.6 Å². The Morgan fingerprint density at radius 3 is 1.90 bits per heavy atom. The number of amides is 1. The summed E-state index contributed by atoms with van der Waals surface area (Å²) in [7, 11) is 0. The van der Waals surface area contributed by atoms with Crippen LogP contribution in [0.15, 0.2) is 34.9 Å². The van der Waals surface area contributed by atoms with Gasteiger partial charge in [0.1, 0.15) is 0 Å². The zero-order valence-corrected chi connectivity index (χ0v) is 24.7. The van der Waals surface area contributed by atoms with Crippen LogP contribution in [-0.4, -0.2) is 35.4 Å². The van der Waals surface area contributed by atoms with Crippen LogP contribution in [-0.2, 0) is 14.4 Å². The third-order valence-corrected chi connectivity index (χ3v) is 5.10. The minimum atomic E-state index is -1.38. The summed E-state index contributed by atoms with van der Waals surface area (Å²) in [5.41, 5.74) is 3.96. The Kier molecular flexibility index (Phi) is 25.0. The smallest absolute Gasteiger partial charge is 0.550 e. The third kappa shape index (κ3) is 22.9. The number of nitrogens with one attached hydrogen (secondary N) is 1. The maximum Gasteiger partial charge on any atom is 1.00 e. The Balaban J connectivity index is -0.00000392. The topological polar surface area (TPSA) is 109 Å². The minimum Gasteiger partial charge on any atom is -0.550 e. The van der Waals surface area contributed by atoms with E-state index in [4.69, 9.17) is 0 Å². The first kappa shape index (κ1) is 35.6. The predicted octanol–water partition coefficient (Wildman–Crippen LogP) is -4.09. The van der Waals surface area contributed by atoms with E-state index < -0.39 is 30.3 Å². The number of carboxylic acids is 2. The van der Waals surface area contributed by atoms with Crippen molar-refractivity contribution in [3.63, 3.8) is 0 Å². The average molecular weight is 470 g/mol. The second kappa shape index (κ2) is 21.8. The first-order valence-electron chi connectivity index (χ1n) is 9.84. The number of allylic oxidation sites excluding steroid dienone is 5. The number of carboxylic acid groups (broad SMARTS) is 2. The molecule has 6 nitrogen and oxygen atoms in total. The molecule has 0 rings (SSSR count). The number of carbonyl (C=O) groups excluding carboxylic acids is 3. The second-order valence-electron chi connectivity index (χ2n) is 7.31. The number of hydrogen-bond acceptors (Lipinski definition) is 6. The van der Waals surface area contributed by atoms with Gasteiger partial charge in [-0.15, -0.1) is 0 Å². The van der Waals surface area contributed by atoms with Gasteiger partial charge < -0.3 is 25.1 Å². The Morgan fingerprint density at radius 2 is 1.39 bits per heavy atom. The van der Waals surface area contributed by atoms with Gasteiger partial charge in [0.15, 0.2) is 0 Å². The number of carbonyl (C=O) groups is 3. The normalized spacial score (nSPS) is 12.1. The van der Waals surface area contributed by atoms with Crippen LogP contribution in [0.3, 0.4) is 0 Å². The summed E-state index contributed by atoms with van der Waals surface area (Å²) in [5, 5.41) is 23.8. The van der Waals surface area contributed by atoms with Crippen molar-refractivity contribution in [2.45, 2.75) is 72.3 Å². The van der Waals surface area contributed by atoms with Crippen molar-refractivity contribution in [2.24, 2.45) is 0 Å². The van der Waals surface area contributed by atoms with Gasteiger partial charge in [0, 0.05) is 23.9 Å². The predicted molar refractivity (Wildman–Crippen MR) is 114 cm³/mol. The summed E-state index contributed by atoms with van der Waals surface area (Å²) >= 11 is 1.38. The standard InChI is InChI=1S/C22H35NO5S.2Na/c1-16(2)7-5-8-17(3)9-6-10-18(4)13-14-29-15-19(22(27)28)23-20(24)11-12-21(25)26;;/h7,9,13,19H,5-6,8,10-12,14-15H2,1-4H3,(H,23,24)(H,25,26)(H,27,28);;/q;2*+1/p-2/b17-9+,18-13+;;/t19-;;/m0../s1. The van der Waals surface area contributed by atoms with Gasteiger partial charge in [-0.05, 0) is 59.8 Å². The fourth-order valence-electron chi connectivity index (χ4n) is 2.38. The van der Waals surface area contributed by atoms with E-state index >= 15 is 0 Å². The van der Waals surface area contributed by atoms with E-state index in [1.54, 1.807) is 0 Å². The molecule has 31 heavy (non-hydrogen) atoms. The van der Waals surface area contributed by atoms with Crippen LogP contribution < -0.4 is 74.6 Å². The van der Waals surface area contributed by atoms with Gasteiger partial charge in [0.2, 0.25) is 5.91 Å². The molecule has 1 N–H and O–H groups in total. The van der Waals surface area contributed by atoms with Crippen molar-refractivity contribution in [3.8, 4) is 0 Å². The summed E-state index contributed by atoms with van der Waals surface area (Å²) in [5.74, 6) is -2.57. The van der Waals surface area contributed by atoms with E-state index in [-0.39, 0.29) is 71.3 Å². The third-order valence-electron chi connectivity index (χ3n) is 4.13. The Hall–Kier alpha value is -0.0200. The van der Waals surface area contributed by atoms with E-state index in [1.165, 1.54) is 28.5 Å². The van der Waals surface area contributed by atoms with Crippen molar-refractivity contribution in [1.29, 1.82) is 0 Å². The summed E-state index contributed by atoms with van der Waals surface area (Å²) in [4.78, 5) is 33.0. The van der Waals surface area contributed by atoms with E-state index in [1.807, 2.05) is 6.92 Å². The number of rotatable bonds is 15. The van der Waals surface area contributed by atoms with Crippen molar-refractivity contribution in [2.75, 3.05) is 11.5 Å². The SMILES string of the molecule is CC(C)=CCC/C(C)=C/CC/C(C)=C/CSC[C@H](NC(=O)CCC(=O)[O-])C(=O)[O-].[Na+].[Na+]. The molecule has 0 saturated carbocycles. The molecule has 0 aromatic rings. The van der Waals surface area contributed by atoms with Crippen LogP contribution in [0.1, 0.15) is 66.2 Å². The maximum absolute atomic E-state index is 11.6. The molecule has 0 radical (unpaired) electrons. The monoisotopic (exact) mass is 469 g/mol. The number of thioether (sulfide) groups is 1. The molecule has 0 bridgehead atoms. The number of hydrogen-bond donors (Lipinski definition) is 1. The molecule has 0 saturated heterocycles. The Bertz CT molecular complexity index is 644. The van der Waals surface area contributed by atoms with Gasteiger partial charge in [-0.2, -0.15) is 11.8 Å². The Labute approximate surface area is 235 Å². The zero-order chi connectivity index (χ0) is 22.2. The molecule has 0 aliphatic rings. The van der Waals surface area contributed by atoms with Crippen LogP contribution in [0.4, 0.5) is 0 Å². The quantitative estimate of drug-likeness (QED) is 0.148. The molecule has 0 spiro atoms. The largest absolute Gasteiger partial charge is 1.00 e. The fourth-order valence-corrected chi connectivity index (χ4v) is 3.37. The summed E-state index contributed by atoms with van der Waals surface area (Å²) in [6.45, 7) is 8.40. The van der Waals surface area contributed by atoms with Crippen molar-refractivity contribution >= 4 is 29.6 Å². The second-order valence-corrected chi connectivity index (χ2v) is 8.38. The van der Waals surface area contributed by atoms with Gasteiger partial charge >= 0.3 is 59.1 Å². The van der Waals surface area contributed by atoms with E-state index in [0.717, 1.165) is 25.7 Å². The average Bonchev–Trinajstić information content (AvgIpc) is 2.61. The van der Waals surface area contributed by atoms with Crippen molar-refractivity contribution < 1.29 is 83.7 Å². The van der Waals surface area contributed by atoms with Crippen LogP contribution >= 0.6 is 11.8 Å². The summed E-state index contributed by atoms with van der Waals surface area (Å²) in [6.07, 6.45) is 9.88. The molecule has 0 aliphatic carbocycles. The molecule has 0 aromatic heterocycles. The molecule has 164 valence electrons. The van der Waals surface area contributed by atoms with Crippen molar-refractivity contribution in [3.05, 3.63) is 34.9 Å². The van der Waals surface area contributed by atoms with Crippen LogP contribution in [0.5, 0.6) is 0 Å². The maximum atomic E-state index is 11.6. The molecule has 0 aliphatic heterocycles. The molecule has 0 aromatic carbocycles. The van der Waals surface area contributed by atoms with Gasteiger partial charge in [0.05, 0.1) is 12.0 Å². The molecule has 9 heteroatoms. The Morgan fingerprint density at radius 1 is 0.839 bits per heavy atom. The van der Waals surface area contributed by atoms with Gasteiger partial charge in [-0.1, -0.05) is 34.9 Å². The van der Waals surface area contributed by atoms with Crippen LogP contribution in [0.2, 0.25) is 0 Å². The summed E-state index contributed by atoms with van der Waals surface area (Å²) in [6, 6.07) is -1.14. The van der Waals surface area contributed by atoms with Gasteiger partial charge in [0.25, 0.3) is 0 Å². The van der Waals surface area contributed by atoms with E-state index in [0.29, 0.717) is 5.75 Å². The molecular formula is C22H33NNa2O5S. The number of aliphatic carboxylic acids is 2. The minimum absolute atomic E-state index is 0. The molecule has 1 amide bonds. The van der Waals surface area contributed by atoms with Crippen LogP contribution in [0.25, 0.3) is 0 Å². The molecule has 0 fully saturated rings. The molecule has 0 unspecified atom stereocenters. The van der Waals surface area contributed by atoms with Gasteiger partial charge in [-0.25, -0.2) is 0 Å². The molecule has 1 atom stereocenters. The zero-order valence-electron chi connectivity index (χ0n) is 19.9. The first-order chi connectivity index (χ1) is 13.6. The fraction of sp³-hybridized carbons (Fsp3) is 0.591. The first-order valence-corrected chi connectivity index (χ1v) is 11.0. The van der Waals surface area contributed by atoms with Crippen molar-refractivity contribution in [1.82, 2.24) is 5.32 Å². The summed E-state index contributed by atoms with van der Waals surface area (Å²) < 4.78 is 0. The van der Waals surface area contributed by atoms with E-state index in [2.05, 4.69) is 44.3 Å². The van der Waals surface area contributed by atoms with Gasteiger partial charge in [-0.3, -0.25) is 4.79 Å². The molecular weight excluding hydrogens is 436 g/mol. The van der Waals surface area contributed by atoms with Crippen LogP contribution in [0, 0.1) is 0 Å².